The lowest BCUT2D eigenvalue weighted by Crippen LogP contribution is -2.39. The summed E-state index contributed by atoms with van der Waals surface area (Å²) < 4.78 is 1.83. The lowest BCUT2D eigenvalue weighted by atomic mass is 10.2. The summed E-state index contributed by atoms with van der Waals surface area (Å²) in [6.07, 6.45) is 0. The molecular weight excluding hydrogens is 406 g/mol. The third-order valence-corrected chi connectivity index (χ3v) is 5.52. The number of amides is 2. The Morgan fingerprint density at radius 2 is 1.97 bits per heavy atom. The zero-order valence-corrected chi connectivity index (χ0v) is 17.5. The second-order valence-electron chi connectivity index (χ2n) is 6.82. The smallest absolute Gasteiger partial charge is 0.313 e. The van der Waals surface area contributed by atoms with Crippen molar-refractivity contribution in [2.24, 2.45) is 0 Å². The van der Waals surface area contributed by atoms with Gasteiger partial charge in [-0.25, -0.2) is 0 Å². The second-order valence-corrected chi connectivity index (χ2v) is 7.80. The zero-order valence-electron chi connectivity index (χ0n) is 16.7. The van der Waals surface area contributed by atoms with Crippen molar-refractivity contribution in [3.63, 3.8) is 0 Å². The van der Waals surface area contributed by atoms with Crippen molar-refractivity contribution in [3.8, 4) is 0 Å². The summed E-state index contributed by atoms with van der Waals surface area (Å²) in [7, 11) is 0. The number of non-ortho nitro benzene ring substituents is 1. The molecule has 1 unspecified atom stereocenters. The third-order valence-electron chi connectivity index (χ3n) is 4.54. The average molecular weight is 427 g/mol. The summed E-state index contributed by atoms with van der Waals surface area (Å²) >= 11 is 1.54. The fourth-order valence-electron chi connectivity index (χ4n) is 3.10. The Kier molecular flexibility index (Phi) is 6.26. The van der Waals surface area contributed by atoms with Gasteiger partial charge in [0.25, 0.3) is 5.69 Å². The molecule has 0 spiro atoms. The van der Waals surface area contributed by atoms with E-state index in [1.807, 2.05) is 42.1 Å². The van der Waals surface area contributed by atoms with Gasteiger partial charge in [0.05, 0.1) is 10.6 Å². The summed E-state index contributed by atoms with van der Waals surface area (Å²) in [5.41, 5.74) is 2.56. The molecule has 3 aromatic rings. The lowest BCUT2D eigenvalue weighted by Gasteiger charge is -2.19. The molecule has 0 aliphatic heterocycles. The topological polar surface area (TPSA) is 119 Å². The molecule has 0 aliphatic carbocycles. The first-order valence-corrected chi connectivity index (χ1v) is 10.0. The molecule has 2 aromatic heterocycles. The Morgan fingerprint density at radius 3 is 2.53 bits per heavy atom. The number of aromatic nitrogens is 2. The Labute approximate surface area is 176 Å². The molecule has 156 valence electrons. The van der Waals surface area contributed by atoms with Crippen molar-refractivity contribution in [2.45, 2.75) is 26.8 Å². The summed E-state index contributed by atoms with van der Waals surface area (Å²) in [5, 5.41) is 22.4. The number of hydrogen-bond acceptors (Lipinski definition) is 6. The number of benzene rings is 1. The number of nitrogens with one attached hydrogen (secondary N) is 2. The van der Waals surface area contributed by atoms with Crippen molar-refractivity contribution in [1.82, 2.24) is 15.1 Å². The summed E-state index contributed by atoms with van der Waals surface area (Å²) in [6, 6.07) is 9.61. The maximum absolute atomic E-state index is 12.4. The van der Waals surface area contributed by atoms with E-state index in [9.17, 15) is 19.7 Å². The van der Waals surface area contributed by atoms with E-state index in [0.717, 1.165) is 16.3 Å². The molecule has 0 saturated carbocycles. The molecule has 1 atom stereocenters. The fourth-order valence-corrected chi connectivity index (χ4v) is 3.91. The Morgan fingerprint density at radius 1 is 1.20 bits per heavy atom. The molecule has 0 saturated heterocycles. The first-order chi connectivity index (χ1) is 14.3. The minimum Gasteiger partial charge on any atom is -0.345 e. The zero-order chi connectivity index (χ0) is 21.8. The second kappa shape index (κ2) is 8.87. The van der Waals surface area contributed by atoms with Crippen molar-refractivity contribution in [2.75, 3.05) is 11.9 Å². The molecule has 30 heavy (non-hydrogen) atoms. The van der Waals surface area contributed by atoms with Crippen LogP contribution in [-0.2, 0) is 9.59 Å². The van der Waals surface area contributed by atoms with Crippen LogP contribution >= 0.6 is 11.3 Å². The Balaban J connectivity index is 1.69. The van der Waals surface area contributed by atoms with E-state index in [2.05, 4.69) is 15.7 Å². The predicted molar refractivity (Wildman–Crippen MR) is 114 cm³/mol. The van der Waals surface area contributed by atoms with Gasteiger partial charge >= 0.3 is 11.8 Å². The number of thiophene rings is 1. The van der Waals surface area contributed by atoms with E-state index in [1.54, 1.807) is 18.3 Å². The average Bonchev–Trinajstić information content (AvgIpc) is 3.33. The van der Waals surface area contributed by atoms with E-state index in [4.69, 9.17) is 0 Å². The van der Waals surface area contributed by atoms with E-state index in [0.29, 0.717) is 11.3 Å². The standard InChI is InChI=1S/C20H21N5O4S/c1-12-9-15(25(28)29)6-7-16(12)22-20(27)19(26)21-11-17(18-5-4-8-30-18)24-14(3)10-13(2)23-24/h4-10,17H,11H2,1-3H3,(H,21,26)(H,22,27). The van der Waals surface area contributed by atoms with Crippen molar-refractivity contribution in [3.05, 3.63) is 73.7 Å². The molecule has 2 N–H and O–H groups in total. The number of aryl methyl sites for hydroxylation is 3. The molecule has 0 radical (unpaired) electrons. The van der Waals surface area contributed by atoms with E-state index >= 15 is 0 Å². The first kappa shape index (κ1) is 21.2. The van der Waals surface area contributed by atoms with E-state index in [1.165, 1.54) is 18.2 Å². The molecule has 0 fully saturated rings. The highest BCUT2D eigenvalue weighted by atomic mass is 32.1. The highest BCUT2D eigenvalue weighted by Crippen LogP contribution is 2.24. The van der Waals surface area contributed by atoms with Crippen molar-refractivity contribution in [1.29, 1.82) is 0 Å². The molecule has 0 aliphatic rings. The molecule has 1 aromatic carbocycles. The van der Waals surface area contributed by atoms with E-state index in [-0.39, 0.29) is 18.3 Å². The number of nitro benzene ring substituents is 1. The molecule has 3 rings (SSSR count). The number of hydrogen-bond donors (Lipinski definition) is 2. The van der Waals surface area contributed by atoms with Crippen LogP contribution in [0, 0.1) is 30.9 Å². The number of nitrogens with zero attached hydrogens (tertiary/aromatic N) is 3. The van der Waals surface area contributed by atoms with Gasteiger partial charge in [-0.05, 0) is 49.9 Å². The molecule has 9 nitrogen and oxygen atoms in total. The minimum atomic E-state index is -0.842. The lowest BCUT2D eigenvalue weighted by molar-refractivity contribution is -0.384. The fraction of sp³-hybridized carbons (Fsp3) is 0.250. The van der Waals surface area contributed by atoms with Crippen LogP contribution in [0.15, 0.2) is 41.8 Å². The number of anilines is 1. The maximum Gasteiger partial charge on any atom is 0.313 e. The summed E-state index contributed by atoms with van der Waals surface area (Å²) in [4.78, 5) is 36.0. The summed E-state index contributed by atoms with van der Waals surface area (Å²) in [5.74, 6) is -1.64. The van der Waals surface area contributed by atoms with Crippen molar-refractivity contribution < 1.29 is 14.5 Å². The van der Waals surface area contributed by atoms with Crippen LogP contribution in [0.25, 0.3) is 0 Å². The van der Waals surface area contributed by atoms with E-state index < -0.39 is 16.7 Å². The van der Waals surface area contributed by atoms with Gasteiger partial charge in [-0.15, -0.1) is 11.3 Å². The van der Waals surface area contributed by atoms with Gasteiger partial charge in [-0.3, -0.25) is 24.4 Å². The van der Waals surface area contributed by atoms with Gasteiger partial charge in [0.1, 0.15) is 6.04 Å². The maximum atomic E-state index is 12.4. The van der Waals surface area contributed by atoms with Crippen molar-refractivity contribution >= 4 is 34.5 Å². The highest BCUT2D eigenvalue weighted by molar-refractivity contribution is 7.10. The molecule has 2 amide bonds. The summed E-state index contributed by atoms with van der Waals surface area (Å²) in [6.45, 7) is 5.64. The third kappa shape index (κ3) is 4.71. The first-order valence-electron chi connectivity index (χ1n) is 9.16. The normalized spacial score (nSPS) is 11.7. The molecular formula is C20H21N5O4S. The van der Waals surface area contributed by atoms with Crippen LogP contribution in [0.2, 0.25) is 0 Å². The van der Waals surface area contributed by atoms with Gasteiger partial charge in [-0.1, -0.05) is 6.07 Å². The predicted octanol–water partition coefficient (Wildman–Crippen LogP) is 3.12. The Hall–Kier alpha value is -3.53. The van der Waals surface area contributed by atoms with Crippen LogP contribution in [0.4, 0.5) is 11.4 Å². The highest BCUT2D eigenvalue weighted by Gasteiger charge is 2.22. The molecule has 0 bridgehead atoms. The van der Waals surface area contributed by atoms with Crippen LogP contribution in [0.5, 0.6) is 0 Å². The molecule has 2 heterocycles. The van der Waals surface area contributed by atoms with Gasteiger partial charge in [0, 0.05) is 34.9 Å². The van der Waals surface area contributed by atoms with Crippen LogP contribution < -0.4 is 10.6 Å². The number of rotatable bonds is 6. The SMILES string of the molecule is Cc1cc(C)n(C(CNC(=O)C(=O)Nc2ccc([N+](=O)[O-])cc2C)c2cccs2)n1. The van der Waals surface area contributed by atoms with Gasteiger partial charge in [0.2, 0.25) is 0 Å². The number of nitro groups is 1. The number of carbonyl (C=O) groups is 2. The van der Waals surface area contributed by atoms with Crippen LogP contribution in [-0.4, -0.2) is 33.1 Å². The van der Waals surface area contributed by atoms with Gasteiger partial charge in [0.15, 0.2) is 0 Å². The minimum absolute atomic E-state index is 0.0846. The van der Waals surface area contributed by atoms with Gasteiger partial charge in [-0.2, -0.15) is 5.10 Å². The Bertz CT molecular complexity index is 1090. The quantitative estimate of drug-likeness (QED) is 0.356. The van der Waals surface area contributed by atoms with Crippen LogP contribution in [0.3, 0.4) is 0 Å². The number of carbonyl (C=O) groups excluding carboxylic acids is 2. The van der Waals surface area contributed by atoms with Gasteiger partial charge < -0.3 is 10.6 Å². The largest absolute Gasteiger partial charge is 0.345 e. The van der Waals surface area contributed by atoms with Crippen LogP contribution in [0.1, 0.15) is 27.9 Å². The monoisotopic (exact) mass is 427 g/mol. The molecule has 10 heteroatoms.